The topological polar surface area (TPSA) is 46.2 Å². The molecule has 3 N–H and O–H groups in total. The van der Waals surface area contributed by atoms with Gasteiger partial charge < -0.3 is 10.8 Å². The van der Waals surface area contributed by atoms with Gasteiger partial charge in [0, 0.05) is 12.0 Å². The molecule has 0 aromatic rings. The molecule has 0 heterocycles. The summed E-state index contributed by atoms with van der Waals surface area (Å²) in [6.07, 6.45) is 5.87. The number of nitrogens with two attached hydrogens (primary N) is 1. The molecule has 2 aliphatic rings. The van der Waals surface area contributed by atoms with E-state index in [1.165, 1.54) is 12.8 Å². The third-order valence-corrected chi connectivity index (χ3v) is 3.77. The van der Waals surface area contributed by atoms with Gasteiger partial charge in [0.15, 0.2) is 0 Å². The van der Waals surface area contributed by atoms with Crippen LogP contribution in [-0.2, 0) is 0 Å². The molecule has 0 aromatic carbocycles. The molecular weight excluding hydrogens is 150 g/mol. The van der Waals surface area contributed by atoms with Crippen molar-refractivity contribution in [2.24, 2.45) is 17.1 Å². The predicted octanol–water partition coefficient (Wildman–Crippen LogP) is 1.28. The maximum atomic E-state index is 10.2. The molecule has 12 heavy (non-hydrogen) atoms. The van der Waals surface area contributed by atoms with Crippen molar-refractivity contribution in [2.45, 2.75) is 44.6 Å². The molecule has 2 nitrogen and oxygen atoms in total. The molecule has 2 fully saturated rings. The van der Waals surface area contributed by atoms with E-state index in [1.54, 1.807) is 0 Å². The average molecular weight is 169 g/mol. The van der Waals surface area contributed by atoms with Crippen LogP contribution in [0.3, 0.4) is 0 Å². The summed E-state index contributed by atoms with van der Waals surface area (Å²) in [6.45, 7) is 2.64. The first-order chi connectivity index (χ1) is 5.60. The lowest BCUT2D eigenvalue weighted by Crippen LogP contribution is -2.41. The monoisotopic (exact) mass is 169 g/mol. The zero-order chi connectivity index (χ0) is 8.82. The molecule has 1 unspecified atom stereocenters. The zero-order valence-corrected chi connectivity index (χ0v) is 7.84. The summed E-state index contributed by atoms with van der Waals surface area (Å²) < 4.78 is 0. The van der Waals surface area contributed by atoms with Crippen LogP contribution < -0.4 is 5.73 Å². The molecule has 0 amide bonds. The maximum absolute atomic E-state index is 10.2. The van der Waals surface area contributed by atoms with Crippen molar-refractivity contribution in [3.63, 3.8) is 0 Å². The van der Waals surface area contributed by atoms with Gasteiger partial charge in [0.1, 0.15) is 0 Å². The van der Waals surface area contributed by atoms with Gasteiger partial charge in [-0.3, -0.25) is 0 Å². The van der Waals surface area contributed by atoms with Gasteiger partial charge in [0.05, 0.1) is 5.60 Å². The summed E-state index contributed by atoms with van der Waals surface area (Å²) in [5.41, 5.74) is 5.30. The number of hydrogen-bond donors (Lipinski definition) is 2. The van der Waals surface area contributed by atoms with E-state index < -0.39 is 5.60 Å². The van der Waals surface area contributed by atoms with E-state index in [2.05, 4.69) is 0 Å². The van der Waals surface area contributed by atoms with Crippen molar-refractivity contribution < 1.29 is 5.11 Å². The molecule has 2 heteroatoms. The first kappa shape index (κ1) is 8.52. The van der Waals surface area contributed by atoms with Crippen LogP contribution in [0.1, 0.15) is 39.0 Å². The minimum atomic E-state index is -0.483. The van der Waals surface area contributed by atoms with Crippen LogP contribution in [0.15, 0.2) is 0 Å². The SMILES string of the molecule is CC(O)(CC1CC1)C1(CN)CC1. The Morgan fingerprint density at radius 1 is 1.50 bits per heavy atom. The van der Waals surface area contributed by atoms with Crippen molar-refractivity contribution in [3.05, 3.63) is 0 Å². The lowest BCUT2D eigenvalue weighted by molar-refractivity contribution is -0.0240. The Bertz CT molecular complexity index is 180. The van der Waals surface area contributed by atoms with Gasteiger partial charge in [-0.15, -0.1) is 0 Å². The Labute approximate surface area is 74.1 Å². The molecule has 2 saturated carbocycles. The molecule has 2 aliphatic carbocycles. The van der Waals surface area contributed by atoms with Crippen molar-refractivity contribution in [3.8, 4) is 0 Å². The van der Waals surface area contributed by atoms with Gasteiger partial charge in [-0.1, -0.05) is 12.8 Å². The third kappa shape index (κ3) is 1.27. The Hall–Kier alpha value is -0.0800. The van der Waals surface area contributed by atoms with Crippen LogP contribution in [0.25, 0.3) is 0 Å². The van der Waals surface area contributed by atoms with Gasteiger partial charge in [-0.25, -0.2) is 0 Å². The van der Waals surface area contributed by atoms with Crippen LogP contribution in [0.4, 0.5) is 0 Å². The lowest BCUT2D eigenvalue weighted by atomic mass is 9.81. The fraction of sp³-hybridized carbons (Fsp3) is 1.00. The molecule has 0 bridgehead atoms. The van der Waals surface area contributed by atoms with Crippen LogP contribution in [0.5, 0.6) is 0 Å². The smallest absolute Gasteiger partial charge is 0.0690 e. The molecule has 0 aromatic heterocycles. The molecule has 0 saturated heterocycles. The van der Waals surface area contributed by atoms with Crippen molar-refractivity contribution in [2.75, 3.05) is 6.54 Å². The van der Waals surface area contributed by atoms with Crippen molar-refractivity contribution in [1.29, 1.82) is 0 Å². The minimum absolute atomic E-state index is 0.0928. The summed E-state index contributed by atoms with van der Waals surface area (Å²) in [6, 6.07) is 0. The van der Waals surface area contributed by atoms with Crippen LogP contribution in [0.2, 0.25) is 0 Å². The Balaban J connectivity index is 1.97. The normalized spacial score (nSPS) is 31.2. The zero-order valence-electron chi connectivity index (χ0n) is 7.84. The van der Waals surface area contributed by atoms with E-state index in [9.17, 15) is 5.11 Å². The predicted molar refractivity (Wildman–Crippen MR) is 48.7 cm³/mol. The highest BCUT2D eigenvalue weighted by Crippen LogP contribution is 2.56. The van der Waals surface area contributed by atoms with E-state index in [1.807, 2.05) is 6.92 Å². The molecular formula is C10H19NO. The standard InChI is InChI=1S/C10H19NO/c1-9(12,6-8-2-3-8)10(7-11)4-5-10/h8,12H,2-7,11H2,1H3. The van der Waals surface area contributed by atoms with Gasteiger partial charge in [-0.05, 0) is 32.1 Å². The first-order valence-electron chi connectivity index (χ1n) is 5.02. The number of aliphatic hydroxyl groups is 1. The first-order valence-corrected chi connectivity index (χ1v) is 5.02. The largest absolute Gasteiger partial charge is 0.390 e. The lowest BCUT2D eigenvalue weighted by Gasteiger charge is -2.32. The molecule has 0 radical (unpaired) electrons. The van der Waals surface area contributed by atoms with E-state index in [0.717, 1.165) is 25.2 Å². The quantitative estimate of drug-likeness (QED) is 0.666. The molecule has 1 atom stereocenters. The molecule has 0 aliphatic heterocycles. The molecule has 70 valence electrons. The molecule has 2 rings (SSSR count). The summed E-state index contributed by atoms with van der Waals surface area (Å²) >= 11 is 0. The van der Waals surface area contributed by atoms with E-state index >= 15 is 0 Å². The maximum Gasteiger partial charge on any atom is 0.0690 e. The van der Waals surface area contributed by atoms with Crippen molar-refractivity contribution in [1.82, 2.24) is 0 Å². The third-order valence-electron chi connectivity index (χ3n) is 3.77. The van der Waals surface area contributed by atoms with Crippen molar-refractivity contribution >= 4 is 0 Å². The summed E-state index contributed by atoms with van der Waals surface area (Å²) in [5.74, 6) is 0.795. The Morgan fingerprint density at radius 2 is 2.08 bits per heavy atom. The highest BCUT2D eigenvalue weighted by Gasteiger charge is 2.56. The number of rotatable bonds is 4. The van der Waals surface area contributed by atoms with Crippen LogP contribution in [-0.4, -0.2) is 17.3 Å². The van der Waals surface area contributed by atoms with Gasteiger partial charge in [-0.2, -0.15) is 0 Å². The highest BCUT2D eigenvalue weighted by molar-refractivity contribution is 5.08. The summed E-state index contributed by atoms with van der Waals surface area (Å²) in [4.78, 5) is 0. The Kier molecular flexibility index (Phi) is 1.74. The Morgan fingerprint density at radius 3 is 2.42 bits per heavy atom. The van der Waals surface area contributed by atoms with Crippen LogP contribution >= 0.6 is 0 Å². The number of hydrogen-bond acceptors (Lipinski definition) is 2. The van der Waals surface area contributed by atoms with Gasteiger partial charge >= 0.3 is 0 Å². The highest BCUT2D eigenvalue weighted by atomic mass is 16.3. The second-order valence-corrected chi connectivity index (χ2v) is 4.91. The second kappa shape index (κ2) is 2.46. The van der Waals surface area contributed by atoms with E-state index in [0.29, 0.717) is 6.54 Å². The molecule has 0 spiro atoms. The van der Waals surface area contributed by atoms with Gasteiger partial charge in [0.2, 0.25) is 0 Å². The fourth-order valence-corrected chi connectivity index (χ4v) is 2.21. The summed E-state index contributed by atoms with van der Waals surface area (Å²) in [5, 5.41) is 10.2. The van der Waals surface area contributed by atoms with E-state index in [4.69, 9.17) is 5.73 Å². The van der Waals surface area contributed by atoms with E-state index in [-0.39, 0.29) is 5.41 Å². The van der Waals surface area contributed by atoms with Gasteiger partial charge in [0.25, 0.3) is 0 Å². The minimum Gasteiger partial charge on any atom is -0.390 e. The fourth-order valence-electron chi connectivity index (χ4n) is 2.21. The van der Waals surface area contributed by atoms with Crippen LogP contribution in [0, 0.1) is 11.3 Å². The average Bonchev–Trinajstić information content (AvgIpc) is 2.81. The summed E-state index contributed by atoms with van der Waals surface area (Å²) in [7, 11) is 0. The second-order valence-electron chi connectivity index (χ2n) is 4.91.